The number of ether oxygens (including phenoxy) is 4. The fourth-order valence-electron chi connectivity index (χ4n) is 4.92. The molecule has 0 atom stereocenters. The van der Waals surface area contributed by atoms with E-state index in [0.717, 1.165) is 88.4 Å². The minimum Gasteiger partial charge on any atom is -0.494 e. The van der Waals surface area contributed by atoms with Crippen molar-refractivity contribution in [2.24, 2.45) is 0 Å². The molecule has 3 rings (SSSR count). The van der Waals surface area contributed by atoms with Crippen LogP contribution in [0.1, 0.15) is 110 Å². The zero-order valence-corrected chi connectivity index (χ0v) is 28.1. The van der Waals surface area contributed by atoms with Gasteiger partial charge in [-0.1, -0.05) is 76.8 Å². The first kappa shape index (κ1) is 37.7. The lowest BCUT2D eigenvalue weighted by Gasteiger charge is -2.07. The molecule has 0 fully saturated rings. The van der Waals surface area contributed by atoms with Gasteiger partial charge in [0.1, 0.15) is 11.5 Å². The summed E-state index contributed by atoms with van der Waals surface area (Å²) in [6.07, 6.45) is 15.6. The Morgan fingerprint density at radius 2 is 1.08 bits per heavy atom. The molecule has 0 aliphatic heterocycles. The number of hydrogen-bond donors (Lipinski definition) is 2. The number of esters is 3. The lowest BCUT2D eigenvalue weighted by molar-refractivity contribution is -0.128. The molecule has 9 heteroatoms. The van der Waals surface area contributed by atoms with Crippen molar-refractivity contribution in [3.8, 4) is 11.5 Å². The van der Waals surface area contributed by atoms with Gasteiger partial charge in [0.05, 0.1) is 30.9 Å². The molecule has 0 saturated heterocycles. The average Bonchev–Trinajstić information content (AvgIpc) is 3.08. The lowest BCUT2D eigenvalue weighted by Crippen LogP contribution is -2.07. The quantitative estimate of drug-likeness (QED) is 0.0357. The van der Waals surface area contributed by atoms with Crippen LogP contribution >= 0.6 is 0 Å². The summed E-state index contributed by atoms with van der Waals surface area (Å²) in [5.41, 5.74) is 14.0. The van der Waals surface area contributed by atoms with Crippen LogP contribution in [0, 0.1) is 0 Å². The summed E-state index contributed by atoms with van der Waals surface area (Å²) >= 11 is 0. The van der Waals surface area contributed by atoms with E-state index in [0.29, 0.717) is 48.1 Å². The molecule has 258 valence electrons. The van der Waals surface area contributed by atoms with Crippen LogP contribution in [-0.2, 0) is 14.3 Å². The molecular formula is C39H50N2O7. The molecule has 0 aliphatic carbocycles. The van der Waals surface area contributed by atoms with Crippen LogP contribution in [-0.4, -0.2) is 37.7 Å². The van der Waals surface area contributed by atoms with Crippen LogP contribution in [0.15, 0.2) is 72.8 Å². The molecule has 9 nitrogen and oxygen atoms in total. The molecular weight excluding hydrogens is 608 g/mol. The Kier molecular flexibility index (Phi) is 17.2. The summed E-state index contributed by atoms with van der Waals surface area (Å²) in [5, 5.41) is 0. The second kappa shape index (κ2) is 21.9. The molecule has 0 aromatic heterocycles. The van der Waals surface area contributed by atoms with Crippen LogP contribution in [0.4, 0.5) is 11.4 Å². The Morgan fingerprint density at radius 1 is 0.583 bits per heavy atom. The summed E-state index contributed by atoms with van der Waals surface area (Å²) in [5.74, 6) is -0.0600. The minimum absolute atomic E-state index is 0.356. The van der Waals surface area contributed by atoms with Crippen molar-refractivity contribution in [1.29, 1.82) is 0 Å². The zero-order valence-electron chi connectivity index (χ0n) is 28.1. The second-order valence-corrected chi connectivity index (χ2v) is 11.7. The number of nitrogens with two attached hydrogens (primary N) is 2. The van der Waals surface area contributed by atoms with Crippen LogP contribution in [0.2, 0.25) is 0 Å². The van der Waals surface area contributed by atoms with Gasteiger partial charge in [-0.05, 0) is 85.5 Å². The Balaban J connectivity index is 1.18. The fraction of sp³-hybridized carbons (Fsp3) is 0.410. The molecule has 4 N–H and O–H groups in total. The van der Waals surface area contributed by atoms with Crippen LogP contribution in [0.5, 0.6) is 11.5 Å². The van der Waals surface area contributed by atoms with Crippen molar-refractivity contribution in [2.45, 2.75) is 84.0 Å². The summed E-state index contributed by atoms with van der Waals surface area (Å²) in [4.78, 5) is 36.7. The van der Waals surface area contributed by atoms with Gasteiger partial charge in [0.25, 0.3) is 0 Å². The number of nitrogen functional groups attached to an aromatic ring is 2. The third-order valence-electron chi connectivity index (χ3n) is 7.59. The van der Waals surface area contributed by atoms with Crippen molar-refractivity contribution >= 4 is 35.4 Å². The minimum atomic E-state index is -0.493. The van der Waals surface area contributed by atoms with Crippen molar-refractivity contribution in [2.75, 3.05) is 31.3 Å². The van der Waals surface area contributed by atoms with E-state index in [2.05, 4.69) is 6.92 Å². The lowest BCUT2D eigenvalue weighted by atomic mass is 10.1. The SMILES string of the molecule is CCCCCOc1ccc(OC(=O)C=Cc2ccc(C(=O)OCCCCCCCCCCCOC(=O)c3cc(N)cc(N)c3)cc2)cc1. The number of carbonyl (C=O) groups excluding carboxylic acids is 3. The molecule has 3 aromatic rings. The molecule has 0 unspecified atom stereocenters. The van der Waals surface area contributed by atoms with Gasteiger partial charge in [0.2, 0.25) is 0 Å². The molecule has 0 amide bonds. The Bertz CT molecular complexity index is 1420. The van der Waals surface area contributed by atoms with E-state index in [1.54, 1.807) is 72.8 Å². The average molecular weight is 659 g/mol. The highest BCUT2D eigenvalue weighted by Crippen LogP contribution is 2.19. The molecule has 0 spiro atoms. The van der Waals surface area contributed by atoms with Crippen LogP contribution in [0.3, 0.4) is 0 Å². The van der Waals surface area contributed by atoms with E-state index in [1.165, 1.54) is 6.08 Å². The van der Waals surface area contributed by atoms with E-state index < -0.39 is 11.9 Å². The molecule has 0 radical (unpaired) electrons. The predicted octanol–water partition coefficient (Wildman–Crippen LogP) is 8.56. The second-order valence-electron chi connectivity index (χ2n) is 11.7. The van der Waals surface area contributed by atoms with E-state index in [4.69, 9.17) is 30.4 Å². The van der Waals surface area contributed by atoms with Gasteiger partial charge < -0.3 is 30.4 Å². The van der Waals surface area contributed by atoms with Gasteiger partial charge in [-0.2, -0.15) is 0 Å². The van der Waals surface area contributed by atoms with Crippen LogP contribution in [0.25, 0.3) is 6.08 Å². The van der Waals surface area contributed by atoms with E-state index in [9.17, 15) is 14.4 Å². The Labute approximate surface area is 284 Å². The largest absolute Gasteiger partial charge is 0.494 e. The van der Waals surface area contributed by atoms with E-state index in [-0.39, 0.29) is 5.97 Å². The predicted molar refractivity (Wildman–Crippen MR) is 190 cm³/mol. The van der Waals surface area contributed by atoms with Crippen molar-refractivity contribution in [3.05, 3.63) is 89.5 Å². The maximum absolute atomic E-state index is 12.4. The normalized spacial score (nSPS) is 10.9. The number of anilines is 2. The number of unbranched alkanes of at least 4 members (excludes halogenated alkanes) is 10. The molecule has 48 heavy (non-hydrogen) atoms. The summed E-state index contributed by atoms with van der Waals surface area (Å²) in [6, 6.07) is 18.6. The summed E-state index contributed by atoms with van der Waals surface area (Å²) < 4.78 is 21.8. The van der Waals surface area contributed by atoms with Crippen LogP contribution < -0.4 is 20.9 Å². The van der Waals surface area contributed by atoms with Gasteiger partial charge in [-0.25, -0.2) is 14.4 Å². The first-order valence-corrected chi connectivity index (χ1v) is 17.1. The van der Waals surface area contributed by atoms with Gasteiger partial charge in [0, 0.05) is 17.5 Å². The topological polar surface area (TPSA) is 140 Å². The Hall–Kier alpha value is -4.79. The third-order valence-corrected chi connectivity index (χ3v) is 7.59. The maximum Gasteiger partial charge on any atom is 0.338 e. The molecule has 0 bridgehead atoms. The molecule has 0 heterocycles. The Morgan fingerprint density at radius 3 is 1.65 bits per heavy atom. The fourth-order valence-corrected chi connectivity index (χ4v) is 4.92. The highest BCUT2D eigenvalue weighted by atomic mass is 16.5. The molecule has 0 saturated carbocycles. The van der Waals surface area contributed by atoms with Gasteiger partial charge in [0.15, 0.2) is 0 Å². The van der Waals surface area contributed by atoms with Crippen molar-refractivity contribution in [1.82, 2.24) is 0 Å². The number of rotatable bonds is 22. The zero-order chi connectivity index (χ0) is 34.4. The van der Waals surface area contributed by atoms with Gasteiger partial charge in [-0.15, -0.1) is 0 Å². The monoisotopic (exact) mass is 658 g/mol. The first-order valence-electron chi connectivity index (χ1n) is 17.1. The van der Waals surface area contributed by atoms with E-state index in [1.807, 2.05) is 0 Å². The number of hydrogen-bond acceptors (Lipinski definition) is 9. The third kappa shape index (κ3) is 15.2. The number of carbonyl (C=O) groups is 3. The molecule has 0 aliphatic rings. The van der Waals surface area contributed by atoms with Gasteiger partial charge >= 0.3 is 17.9 Å². The summed E-state index contributed by atoms with van der Waals surface area (Å²) in [7, 11) is 0. The first-order chi connectivity index (χ1) is 23.3. The van der Waals surface area contributed by atoms with Crippen molar-refractivity contribution < 1.29 is 33.3 Å². The summed E-state index contributed by atoms with van der Waals surface area (Å²) in [6.45, 7) is 3.59. The van der Waals surface area contributed by atoms with Gasteiger partial charge in [-0.3, -0.25) is 0 Å². The smallest absolute Gasteiger partial charge is 0.338 e. The molecule has 3 aromatic carbocycles. The van der Waals surface area contributed by atoms with E-state index >= 15 is 0 Å². The highest BCUT2D eigenvalue weighted by Gasteiger charge is 2.09. The number of benzene rings is 3. The maximum atomic E-state index is 12.4. The van der Waals surface area contributed by atoms with Crippen molar-refractivity contribution in [3.63, 3.8) is 0 Å². The highest BCUT2D eigenvalue weighted by molar-refractivity contribution is 5.92. The standard InChI is InChI=1S/C39H50N2O7/c1-2-3-11-24-45-35-19-21-36(22-20-35)48-37(42)23-16-30-14-17-31(18-15-30)38(43)46-25-12-9-7-5-4-6-8-10-13-26-47-39(44)32-27-33(40)29-34(41)28-32/h14-23,27-29H,2-13,24-26,40-41H2,1H3.